The van der Waals surface area contributed by atoms with Gasteiger partial charge in [-0.2, -0.15) is 0 Å². The van der Waals surface area contributed by atoms with Crippen LogP contribution in [0.1, 0.15) is 28.0 Å². The molecule has 8 nitrogen and oxygen atoms in total. The number of rotatable bonds is 7. The molecule has 158 valence electrons. The molecular weight excluding hydrogens is 481 g/mol. The molecule has 0 atom stereocenters. The van der Waals surface area contributed by atoms with Gasteiger partial charge in [0.25, 0.3) is 0 Å². The molecule has 3 rings (SSSR count). The number of benzene rings is 1. The van der Waals surface area contributed by atoms with Crippen molar-refractivity contribution < 1.29 is 28.2 Å². The van der Waals surface area contributed by atoms with Crippen LogP contribution in [0.2, 0.25) is 0 Å². The summed E-state index contributed by atoms with van der Waals surface area (Å²) in [4.78, 5) is 33.4. The van der Waals surface area contributed by atoms with Crippen LogP contribution in [-0.4, -0.2) is 35.1 Å². The van der Waals surface area contributed by atoms with E-state index in [1.54, 1.807) is 13.8 Å². The number of aromatic nitrogens is 2. The van der Waals surface area contributed by atoms with E-state index in [-0.39, 0.29) is 31.5 Å². The van der Waals surface area contributed by atoms with Gasteiger partial charge in [0.1, 0.15) is 27.1 Å². The van der Waals surface area contributed by atoms with E-state index >= 15 is 0 Å². The Balaban J connectivity index is 1.67. The Hall–Kier alpha value is -2.79. The summed E-state index contributed by atoms with van der Waals surface area (Å²) in [7, 11) is 0. The predicted octanol–water partition coefficient (Wildman–Crippen LogP) is 3.78. The summed E-state index contributed by atoms with van der Waals surface area (Å²) in [5.41, 5.74) is 6.66. The van der Waals surface area contributed by atoms with E-state index in [1.807, 2.05) is 0 Å². The largest absolute Gasteiger partial charge is 0.481 e. The first kappa shape index (κ1) is 21.9. The molecule has 0 saturated heterocycles. The third kappa shape index (κ3) is 4.85. The van der Waals surface area contributed by atoms with E-state index in [4.69, 9.17) is 19.9 Å². The number of nitrogen functional groups attached to an aromatic ring is 1. The van der Waals surface area contributed by atoms with Crippen LogP contribution in [0.25, 0.3) is 10.2 Å². The highest BCUT2D eigenvalue weighted by Crippen LogP contribution is 2.33. The number of anilines is 1. The van der Waals surface area contributed by atoms with Crippen molar-refractivity contribution in [2.75, 3.05) is 18.9 Å². The highest BCUT2D eigenvalue weighted by Gasteiger charge is 2.21. The van der Waals surface area contributed by atoms with Crippen LogP contribution in [0.15, 0.2) is 22.7 Å². The van der Waals surface area contributed by atoms with E-state index in [0.29, 0.717) is 30.9 Å². The molecule has 0 radical (unpaired) electrons. The third-order valence-corrected chi connectivity index (χ3v) is 5.71. The third-order valence-electron chi connectivity index (χ3n) is 3.93. The van der Waals surface area contributed by atoms with Crippen molar-refractivity contribution in [2.45, 2.75) is 20.5 Å². The number of ether oxygens (including phenoxy) is 3. The van der Waals surface area contributed by atoms with Gasteiger partial charge >= 0.3 is 11.9 Å². The summed E-state index contributed by atoms with van der Waals surface area (Å²) in [5, 5.41) is 0.572. The molecule has 0 unspecified atom stereocenters. The predicted molar refractivity (Wildman–Crippen MR) is 112 cm³/mol. The molecule has 30 heavy (non-hydrogen) atoms. The molecule has 2 N–H and O–H groups in total. The lowest BCUT2D eigenvalue weighted by molar-refractivity contribution is -0.147. The van der Waals surface area contributed by atoms with E-state index in [9.17, 15) is 14.0 Å². The molecular formula is C19H17BrFN3O5S. The van der Waals surface area contributed by atoms with Crippen LogP contribution >= 0.6 is 27.3 Å². The smallest absolute Gasteiger partial charge is 0.348 e. The van der Waals surface area contributed by atoms with Crippen molar-refractivity contribution in [2.24, 2.45) is 0 Å². The first-order valence-corrected chi connectivity index (χ1v) is 10.4. The number of carbonyl (C=O) groups is 2. The Labute approximate surface area is 183 Å². The lowest BCUT2D eigenvalue weighted by Crippen LogP contribution is -2.16. The fourth-order valence-electron chi connectivity index (χ4n) is 2.59. The van der Waals surface area contributed by atoms with Crippen molar-refractivity contribution in [3.63, 3.8) is 0 Å². The number of halogens is 2. The van der Waals surface area contributed by atoms with Gasteiger partial charge in [0, 0.05) is 0 Å². The first-order chi connectivity index (χ1) is 14.3. The number of carbonyl (C=O) groups excluding carboxylic acids is 2. The van der Waals surface area contributed by atoms with Crippen molar-refractivity contribution in [1.82, 2.24) is 9.97 Å². The Morgan fingerprint density at radius 3 is 2.73 bits per heavy atom. The average molecular weight is 498 g/mol. The molecule has 0 bridgehead atoms. The topological polar surface area (TPSA) is 114 Å². The molecule has 2 aromatic heterocycles. The Morgan fingerprint density at radius 2 is 2.03 bits per heavy atom. The van der Waals surface area contributed by atoms with Gasteiger partial charge in [-0.3, -0.25) is 0 Å². The Morgan fingerprint density at radius 1 is 1.27 bits per heavy atom. The average Bonchev–Trinajstić information content (AvgIpc) is 3.03. The summed E-state index contributed by atoms with van der Waals surface area (Å²) in [6.07, 6.45) is 0. The minimum atomic E-state index is -0.664. The molecule has 3 aromatic rings. The lowest BCUT2D eigenvalue weighted by Gasteiger charge is -2.08. The fraction of sp³-hybridized carbons (Fsp3) is 0.263. The zero-order valence-electron chi connectivity index (χ0n) is 16.0. The fourth-order valence-corrected chi connectivity index (χ4v) is 4.15. The quantitative estimate of drug-likeness (QED) is 0.490. The molecule has 0 aliphatic rings. The normalized spacial score (nSPS) is 10.8. The molecule has 0 aliphatic carbocycles. The van der Waals surface area contributed by atoms with Gasteiger partial charge in [0.15, 0.2) is 19.0 Å². The number of thiophene rings is 1. The van der Waals surface area contributed by atoms with E-state index in [0.717, 1.165) is 11.3 Å². The second kappa shape index (κ2) is 9.35. The lowest BCUT2D eigenvalue weighted by atomic mass is 10.2. The molecule has 1 aromatic carbocycles. The van der Waals surface area contributed by atoms with Crippen LogP contribution in [0.5, 0.6) is 5.75 Å². The SMILES string of the molecule is CCOC(=O)c1sc2nc(COC(=O)COc3ccc(F)cc3Br)nc(N)c2c1C. The van der Waals surface area contributed by atoms with Crippen molar-refractivity contribution >= 4 is 55.2 Å². The zero-order chi connectivity index (χ0) is 21.8. The van der Waals surface area contributed by atoms with Gasteiger partial charge < -0.3 is 19.9 Å². The van der Waals surface area contributed by atoms with Gasteiger partial charge in [0.05, 0.1) is 16.5 Å². The minimum absolute atomic E-state index is 0.182. The number of hydrogen-bond acceptors (Lipinski definition) is 9. The van der Waals surface area contributed by atoms with Gasteiger partial charge in [-0.1, -0.05) is 0 Å². The standard InChI is InChI=1S/C19H17BrFN3O5S/c1-3-27-19(26)16-9(2)15-17(22)23-13(24-18(15)30-16)7-29-14(25)8-28-12-5-4-10(21)6-11(12)20/h4-6H,3,7-8H2,1-2H3,(H2,22,23,24). The molecule has 0 aliphatic heterocycles. The number of esters is 2. The van der Waals surface area contributed by atoms with Gasteiger partial charge in [-0.15, -0.1) is 11.3 Å². The van der Waals surface area contributed by atoms with Gasteiger partial charge in [0.2, 0.25) is 0 Å². The highest BCUT2D eigenvalue weighted by atomic mass is 79.9. The van der Waals surface area contributed by atoms with Crippen LogP contribution in [0, 0.1) is 12.7 Å². The molecule has 11 heteroatoms. The second-order valence-electron chi connectivity index (χ2n) is 6.01. The number of hydrogen-bond donors (Lipinski definition) is 1. The van der Waals surface area contributed by atoms with Crippen molar-refractivity contribution in [1.29, 1.82) is 0 Å². The van der Waals surface area contributed by atoms with Gasteiger partial charge in [-0.25, -0.2) is 23.9 Å². The molecule has 0 saturated carbocycles. The minimum Gasteiger partial charge on any atom is -0.481 e. The van der Waals surface area contributed by atoms with Crippen LogP contribution < -0.4 is 10.5 Å². The molecule has 2 heterocycles. The maximum atomic E-state index is 13.1. The van der Waals surface area contributed by atoms with Crippen LogP contribution in [0.3, 0.4) is 0 Å². The second-order valence-corrected chi connectivity index (χ2v) is 7.86. The van der Waals surface area contributed by atoms with Crippen molar-refractivity contribution in [3.05, 3.63) is 44.8 Å². The summed E-state index contributed by atoms with van der Waals surface area (Å²) in [5.74, 6) is -0.875. The first-order valence-electron chi connectivity index (χ1n) is 8.76. The zero-order valence-corrected chi connectivity index (χ0v) is 18.4. The van der Waals surface area contributed by atoms with Crippen molar-refractivity contribution in [3.8, 4) is 5.75 Å². The molecule has 0 amide bonds. The maximum absolute atomic E-state index is 13.1. The molecule has 0 fully saturated rings. The summed E-state index contributed by atoms with van der Waals surface area (Å²) >= 11 is 4.29. The summed E-state index contributed by atoms with van der Waals surface area (Å²) < 4.78 is 28.9. The number of fused-ring (bicyclic) bond motifs is 1. The van der Waals surface area contributed by atoms with Crippen LogP contribution in [0.4, 0.5) is 10.2 Å². The number of aryl methyl sites for hydroxylation is 1. The monoisotopic (exact) mass is 497 g/mol. The number of nitrogens with zero attached hydrogens (tertiary/aromatic N) is 2. The Bertz CT molecular complexity index is 1120. The van der Waals surface area contributed by atoms with Crippen LogP contribution in [-0.2, 0) is 20.9 Å². The summed E-state index contributed by atoms with van der Waals surface area (Å²) in [6.45, 7) is 3.12. The highest BCUT2D eigenvalue weighted by molar-refractivity contribution is 9.10. The Kier molecular flexibility index (Phi) is 6.83. The molecule has 0 spiro atoms. The van der Waals surface area contributed by atoms with E-state index in [1.165, 1.54) is 18.2 Å². The maximum Gasteiger partial charge on any atom is 0.348 e. The van der Waals surface area contributed by atoms with Gasteiger partial charge in [-0.05, 0) is 53.5 Å². The summed E-state index contributed by atoms with van der Waals surface area (Å²) in [6, 6.07) is 3.83. The van der Waals surface area contributed by atoms with E-state index in [2.05, 4.69) is 25.9 Å². The number of nitrogens with two attached hydrogens (primary N) is 1. The van der Waals surface area contributed by atoms with E-state index < -0.39 is 17.8 Å².